The van der Waals surface area contributed by atoms with Crippen LogP contribution in [0.15, 0.2) is 33.5 Å². The number of carbonyl (C=O) groups is 1. The van der Waals surface area contributed by atoms with Gasteiger partial charge in [0, 0.05) is 10.1 Å². The summed E-state index contributed by atoms with van der Waals surface area (Å²) in [6.07, 6.45) is 0. The molecule has 1 N–H and O–H groups in total. The Morgan fingerprint density at radius 2 is 2.00 bits per heavy atom. The van der Waals surface area contributed by atoms with Gasteiger partial charge in [-0.1, -0.05) is 54.6 Å². The molecule has 0 radical (unpaired) electrons. The fourth-order valence-corrected chi connectivity index (χ4v) is 4.14. The molecule has 1 amide bonds. The normalized spacial score (nSPS) is 10.9. The molecule has 7 heteroatoms. The van der Waals surface area contributed by atoms with E-state index in [0.717, 1.165) is 9.24 Å². The molecule has 1 aromatic heterocycles. The average molecular weight is 340 g/mol. The minimum Gasteiger partial charge on any atom is -0.300 e. The third kappa shape index (κ3) is 5.68. The van der Waals surface area contributed by atoms with Crippen molar-refractivity contribution in [3.8, 4) is 0 Å². The maximum atomic E-state index is 11.9. The van der Waals surface area contributed by atoms with E-state index in [1.165, 1.54) is 28.7 Å². The van der Waals surface area contributed by atoms with Gasteiger partial charge in [-0.25, -0.2) is 0 Å². The topological polar surface area (TPSA) is 54.9 Å². The molecule has 4 nitrogen and oxygen atoms in total. The Balaban J connectivity index is 1.81. The van der Waals surface area contributed by atoms with Gasteiger partial charge >= 0.3 is 0 Å². The van der Waals surface area contributed by atoms with Crippen molar-refractivity contribution in [3.63, 3.8) is 0 Å². The standard InChI is InChI=1S/C14H17N3OS3/c1-9(2)20-14-17-16-13(21-14)15-12(18)8-19-11-6-4-10(3)5-7-11/h4-7,9H,8H2,1-3H3,(H,15,16,18). The predicted molar refractivity (Wildman–Crippen MR) is 91.4 cm³/mol. The van der Waals surface area contributed by atoms with E-state index in [2.05, 4.69) is 29.4 Å². The van der Waals surface area contributed by atoms with Crippen molar-refractivity contribution in [1.82, 2.24) is 10.2 Å². The molecule has 0 unspecified atom stereocenters. The van der Waals surface area contributed by atoms with Crippen molar-refractivity contribution in [2.24, 2.45) is 0 Å². The van der Waals surface area contributed by atoms with Gasteiger partial charge in [-0.2, -0.15) is 0 Å². The third-order valence-corrected chi connectivity index (χ3v) is 5.32. The van der Waals surface area contributed by atoms with Gasteiger partial charge in [0.15, 0.2) is 4.34 Å². The molecular weight excluding hydrogens is 322 g/mol. The Hall–Kier alpha value is -1.05. The molecule has 0 fully saturated rings. The van der Waals surface area contributed by atoms with Crippen LogP contribution in [-0.4, -0.2) is 27.1 Å². The largest absolute Gasteiger partial charge is 0.300 e. The molecule has 1 aromatic carbocycles. The SMILES string of the molecule is Cc1ccc(SCC(=O)Nc2nnc(SC(C)C)s2)cc1. The average Bonchev–Trinajstić information content (AvgIpc) is 2.84. The van der Waals surface area contributed by atoms with Crippen LogP contribution in [0.2, 0.25) is 0 Å². The summed E-state index contributed by atoms with van der Waals surface area (Å²) in [6.45, 7) is 6.24. The first-order chi connectivity index (χ1) is 10.0. The number of carbonyl (C=O) groups excluding carboxylic acids is 1. The predicted octanol–water partition coefficient (Wildman–Crippen LogP) is 4.08. The Bertz CT molecular complexity index is 596. The molecule has 21 heavy (non-hydrogen) atoms. The number of hydrogen-bond donors (Lipinski definition) is 1. The number of nitrogens with one attached hydrogen (secondary N) is 1. The highest BCUT2D eigenvalue weighted by atomic mass is 32.2. The summed E-state index contributed by atoms with van der Waals surface area (Å²) in [4.78, 5) is 13.0. The summed E-state index contributed by atoms with van der Waals surface area (Å²) in [7, 11) is 0. The van der Waals surface area contributed by atoms with Crippen LogP contribution < -0.4 is 5.32 Å². The molecule has 1 heterocycles. The van der Waals surface area contributed by atoms with E-state index in [1.807, 2.05) is 31.2 Å². The lowest BCUT2D eigenvalue weighted by Crippen LogP contribution is -2.13. The molecule has 0 aliphatic heterocycles. The number of amides is 1. The zero-order chi connectivity index (χ0) is 15.2. The van der Waals surface area contributed by atoms with Crippen molar-refractivity contribution in [2.45, 2.75) is 35.3 Å². The van der Waals surface area contributed by atoms with Crippen molar-refractivity contribution >= 4 is 45.9 Å². The van der Waals surface area contributed by atoms with Crippen molar-refractivity contribution < 1.29 is 4.79 Å². The highest BCUT2D eigenvalue weighted by Gasteiger charge is 2.10. The maximum Gasteiger partial charge on any atom is 0.236 e. The van der Waals surface area contributed by atoms with Crippen LogP contribution in [0.5, 0.6) is 0 Å². The quantitative estimate of drug-likeness (QED) is 0.635. The van der Waals surface area contributed by atoms with E-state index in [-0.39, 0.29) is 5.91 Å². The van der Waals surface area contributed by atoms with Gasteiger partial charge in [0.2, 0.25) is 11.0 Å². The number of hydrogen-bond acceptors (Lipinski definition) is 6. The van der Waals surface area contributed by atoms with Gasteiger partial charge in [-0.05, 0) is 19.1 Å². The lowest BCUT2D eigenvalue weighted by molar-refractivity contribution is -0.113. The first kappa shape index (κ1) is 16.3. The second-order valence-corrected chi connectivity index (χ2v) is 8.54. The minimum atomic E-state index is -0.0576. The van der Waals surface area contributed by atoms with E-state index < -0.39 is 0 Å². The fourth-order valence-electron chi connectivity index (χ4n) is 1.45. The van der Waals surface area contributed by atoms with Crippen LogP contribution in [0.4, 0.5) is 5.13 Å². The van der Waals surface area contributed by atoms with Crippen LogP contribution >= 0.6 is 34.9 Å². The Morgan fingerprint density at radius 3 is 2.67 bits per heavy atom. The van der Waals surface area contributed by atoms with Crippen molar-refractivity contribution in [1.29, 1.82) is 0 Å². The Morgan fingerprint density at radius 1 is 1.29 bits per heavy atom. The molecule has 2 aromatic rings. The first-order valence-corrected chi connectivity index (χ1v) is 9.20. The molecule has 0 saturated heterocycles. The van der Waals surface area contributed by atoms with Crippen LogP contribution in [0.1, 0.15) is 19.4 Å². The lowest BCUT2D eigenvalue weighted by Gasteiger charge is -2.02. The molecule has 0 spiro atoms. The van der Waals surface area contributed by atoms with E-state index in [0.29, 0.717) is 16.1 Å². The number of aryl methyl sites for hydroxylation is 1. The van der Waals surface area contributed by atoms with Crippen LogP contribution in [0.25, 0.3) is 0 Å². The zero-order valence-corrected chi connectivity index (χ0v) is 14.6. The third-order valence-electron chi connectivity index (χ3n) is 2.38. The molecule has 0 atom stereocenters. The summed E-state index contributed by atoms with van der Waals surface area (Å²) in [5, 5.41) is 11.8. The maximum absolute atomic E-state index is 11.9. The number of rotatable bonds is 6. The van der Waals surface area contributed by atoms with Gasteiger partial charge in [0.1, 0.15) is 0 Å². The molecule has 0 aliphatic rings. The monoisotopic (exact) mass is 339 g/mol. The number of benzene rings is 1. The number of thioether (sulfide) groups is 2. The van der Waals surface area contributed by atoms with Crippen molar-refractivity contribution in [3.05, 3.63) is 29.8 Å². The number of anilines is 1. The lowest BCUT2D eigenvalue weighted by atomic mass is 10.2. The van der Waals surface area contributed by atoms with Gasteiger partial charge in [0.25, 0.3) is 0 Å². The van der Waals surface area contributed by atoms with E-state index in [4.69, 9.17) is 0 Å². The zero-order valence-electron chi connectivity index (χ0n) is 12.1. The minimum absolute atomic E-state index is 0.0576. The van der Waals surface area contributed by atoms with Gasteiger partial charge in [-0.3, -0.25) is 10.1 Å². The molecule has 0 aliphatic carbocycles. The first-order valence-electron chi connectivity index (χ1n) is 6.52. The molecule has 2 rings (SSSR count). The highest BCUT2D eigenvalue weighted by molar-refractivity contribution is 8.01. The van der Waals surface area contributed by atoms with Crippen LogP contribution in [0, 0.1) is 6.92 Å². The summed E-state index contributed by atoms with van der Waals surface area (Å²) < 4.78 is 0.881. The van der Waals surface area contributed by atoms with E-state index in [1.54, 1.807) is 11.8 Å². The second-order valence-electron chi connectivity index (χ2n) is 4.69. The fraction of sp³-hybridized carbons (Fsp3) is 0.357. The van der Waals surface area contributed by atoms with E-state index >= 15 is 0 Å². The van der Waals surface area contributed by atoms with Crippen molar-refractivity contribution in [2.75, 3.05) is 11.1 Å². The number of aromatic nitrogens is 2. The van der Waals surface area contributed by atoms with Crippen LogP contribution in [0.3, 0.4) is 0 Å². The Kier molecular flexibility index (Phi) is 6.08. The molecule has 112 valence electrons. The van der Waals surface area contributed by atoms with Gasteiger partial charge < -0.3 is 0 Å². The number of nitrogens with zero attached hydrogens (tertiary/aromatic N) is 2. The summed E-state index contributed by atoms with van der Waals surface area (Å²) >= 11 is 4.57. The Labute approximate surface area is 137 Å². The second kappa shape index (κ2) is 7.82. The highest BCUT2D eigenvalue weighted by Crippen LogP contribution is 2.28. The summed E-state index contributed by atoms with van der Waals surface area (Å²) in [6, 6.07) is 8.13. The smallest absolute Gasteiger partial charge is 0.236 e. The van der Waals surface area contributed by atoms with E-state index in [9.17, 15) is 4.79 Å². The summed E-state index contributed by atoms with van der Waals surface area (Å²) in [5.41, 5.74) is 1.22. The molecule has 0 saturated carbocycles. The van der Waals surface area contributed by atoms with Gasteiger partial charge in [0.05, 0.1) is 5.75 Å². The molecule has 0 bridgehead atoms. The van der Waals surface area contributed by atoms with Gasteiger partial charge in [-0.15, -0.1) is 22.0 Å². The van der Waals surface area contributed by atoms with Crippen LogP contribution in [-0.2, 0) is 4.79 Å². The molecular formula is C14H17N3OS3. The summed E-state index contributed by atoms with van der Waals surface area (Å²) in [5.74, 6) is 0.313.